The van der Waals surface area contributed by atoms with Crippen LogP contribution < -0.4 is 4.74 Å². The summed E-state index contributed by atoms with van der Waals surface area (Å²) >= 11 is 3.18. The predicted octanol–water partition coefficient (Wildman–Crippen LogP) is 1.88. The molecule has 0 fully saturated rings. The Bertz CT molecular complexity index is 580. The minimum atomic E-state index is -0.481. The Balaban J connectivity index is 2.25. The Morgan fingerprint density at radius 1 is 1.32 bits per heavy atom. The Morgan fingerprint density at radius 3 is 2.58 bits per heavy atom. The molecule has 0 aliphatic heterocycles. The number of hydrogen-bond donors (Lipinski definition) is 0. The minimum absolute atomic E-state index is 0.290. The SMILES string of the molecule is COC(=O)c1c(Br)nnn1Cc1ccc(OC)cc1. The molecule has 1 aromatic carbocycles. The molecule has 0 spiro atoms. The largest absolute Gasteiger partial charge is 0.497 e. The van der Waals surface area contributed by atoms with Crippen LogP contribution in [0.15, 0.2) is 28.9 Å². The van der Waals surface area contributed by atoms with Crippen molar-refractivity contribution < 1.29 is 14.3 Å². The number of ether oxygens (including phenoxy) is 2. The van der Waals surface area contributed by atoms with Crippen molar-refractivity contribution >= 4 is 21.9 Å². The van der Waals surface area contributed by atoms with Gasteiger partial charge in [0.15, 0.2) is 10.3 Å². The molecule has 0 amide bonds. The number of carbonyl (C=O) groups excluding carboxylic acids is 1. The van der Waals surface area contributed by atoms with Gasteiger partial charge in [-0.3, -0.25) is 0 Å². The lowest BCUT2D eigenvalue weighted by atomic mass is 10.2. The lowest BCUT2D eigenvalue weighted by molar-refractivity contribution is 0.0586. The van der Waals surface area contributed by atoms with Crippen LogP contribution in [0.3, 0.4) is 0 Å². The highest BCUT2D eigenvalue weighted by molar-refractivity contribution is 9.10. The van der Waals surface area contributed by atoms with E-state index in [0.29, 0.717) is 16.8 Å². The second-order valence-corrected chi connectivity index (χ2v) is 4.48. The third kappa shape index (κ3) is 2.93. The summed E-state index contributed by atoms with van der Waals surface area (Å²) in [6.07, 6.45) is 0. The third-order valence-corrected chi connectivity index (χ3v) is 3.10. The molecule has 2 aromatic rings. The molecule has 0 saturated heterocycles. The van der Waals surface area contributed by atoms with E-state index < -0.39 is 5.97 Å². The lowest BCUT2D eigenvalue weighted by Crippen LogP contribution is -2.13. The van der Waals surface area contributed by atoms with Gasteiger partial charge in [0.05, 0.1) is 20.8 Å². The Labute approximate surface area is 118 Å². The van der Waals surface area contributed by atoms with Crippen molar-refractivity contribution in [2.75, 3.05) is 14.2 Å². The van der Waals surface area contributed by atoms with Crippen LogP contribution in [-0.4, -0.2) is 35.2 Å². The highest BCUT2D eigenvalue weighted by Gasteiger charge is 2.19. The smallest absolute Gasteiger partial charge is 0.359 e. The number of hydrogen-bond acceptors (Lipinski definition) is 5. The molecular formula is C12H12BrN3O3. The molecule has 19 heavy (non-hydrogen) atoms. The van der Waals surface area contributed by atoms with Crippen LogP contribution >= 0.6 is 15.9 Å². The molecule has 6 nitrogen and oxygen atoms in total. The number of halogens is 1. The number of carbonyl (C=O) groups is 1. The molecule has 2 rings (SSSR count). The van der Waals surface area contributed by atoms with Crippen molar-refractivity contribution in [3.63, 3.8) is 0 Å². The van der Waals surface area contributed by atoms with Crippen molar-refractivity contribution in [1.29, 1.82) is 0 Å². The summed E-state index contributed by atoms with van der Waals surface area (Å²) in [7, 11) is 2.93. The van der Waals surface area contributed by atoms with E-state index in [4.69, 9.17) is 9.47 Å². The Kier molecular flexibility index (Phi) is 4.16. The molecule has 0 bridgehead atoms. The van der Waals surface area contributed by atoms with E-state index in [1.807, 2.05) is 24.3 Å². The number of esters is 1. The average Bonchev–Trinajstić information content (AvgIpc) is 2.80. The number of nitrogens with zero attached hydrogens (tertiary/aromatic N) is 3. The van der Waals surface area contributed by atoms with Crippen molar-refractivity contribution in [3.05, 3.63) is 40.1 Å². The average molecular weight is 326 g/mol. The maximum absolute atomic E-state index is 11.6. The van der Waals surface area contributed by atoms with Crippen molar-refractivity contribution in [2.45, 2.75) is 6.54 Å². The summed E-state index contributed by atoms with van der Waals surface area (Å²) < 4.78 is 11.6. The van der Waals surface area contributed by atoms with E-state index in [0.717, 1.165) is 11.3 Å². The number of rotatable bonds is 4. The molecular weight excluding hydrogens is 314 g/mol. The van der Waals surface area contributed by atoms with E-state index in [9.17, 15) is 4.79 Å². The van der Waals surface area contributed by atoms with Crippen LogP contribution in [0.2, 0.25) is 0 Å². The Morgan fingerprint density at radius 2 is 2.00 bits per heavy atom. The molecule has 0 atom stereocenters. The summed E-state index contributed by atoms with van der Waals surface area (Å²) in [5, 5.41) is 7.73. The summed E-state index contributed by atoms with van der Waals surface area (Å²) in [5.74, 6) is 0.294. The fourth-order valence-electron chi connectivity index (χ4n) is 1.59. The third-order valence-electron chi connectivity index (χ3n) is 2.56. The summed E-state index contributed by atoms with van der Waals surface area (Å²) in [6, 6.07) is 7.49. The number of methoxy groups -OCH3 is 2. The van der Waals surface area contributed by atoms with Crippen LogP contribution in [0.1, 0.15) is 16.1 Å². The molecule has 0 saturated carbocycles. The van der Waals surface area contributed by atoms with Crippen LogP contribution in [0.25, 0.3) is 0 Å². The molecule has 1 aromatic heterocycles. The topological polar surface area (TPSA) is 66.2 Å². The maximum Gasteiger partial charge on any atom is 0.359 e. The van der Waals surface area contributed by atoms with Gasteiger partial charge in [-0.1, -0.05) is 17.3 Å². The first-order valence-corrected chi connectivity index (χ1v) is 6.25. The van der Waals surface area contributed by atoms with E-state index in [2.05, 4.69) is 26.2 Å². The van der Waals surface area contributed by atoms with Gasteiger partial charge in [-0.2, -0.15) is 0 Å². The van der Waals surface area contributed by atoms with Gasteiger partial charge in [-0.05, 0) is 33.6 Å². The molecule has 1 heterocycles. The van der Waals surface area contributed by atoms with E-state index in [-0.39, 0.29) is 0 Å². The standard InChI is InChI=1S/C12H12BrN3O3/c1-18-9-5-3-8(4-6-9)7-16-10(12(17)19-2)11(13)14-15-16/h3-6H,7H2,1-2H3. The first-order valence-electron chi connectivity index (χ1n) is 5.46. The zero-order chi connectivity index (χ0) is 13.8. The van der Waals surface area contributed by atoms with Crippen molar-refractivity contribution in [2.24, 2.45) is 0 Å². The molecule has 100 valence electrons. The monoisotopic (exact) mass is 325 g/mol. The van der Waals surface area contributed by atoms with Crippen LogP contribution in [0, 0.1) is 0 Å². The van der Waals surface area contributed by atoms with Gasteiger partial charge in [0.25, 0.3) is 0 Å². The first kappa shape index (κ1) is 13.5. The number of benzene rings is 1. The van der Waals surface area contributed by atoms with Crippen LogP contribution in [0.4, 0.5) is 0 Å². The zero-order valence-electron chi connectivity index (χ0n) is 10.5. The highest BCUT2D eigenvalue weighted by Crippen LogP contribution is 2.17. The van der Waals surface area contributed by atoms with Gasteiger partial charge < -0.3 is 9.47 Å². The molecule has 0 radical (unpaired) electrons. The maximum atomic E-state index is 11.6. The van der Waals surface area contributed by atoms with Gasteiger partial charge in [-0.15, -0.1) is 5.10 Å². The van der Waals surface area contributed by atoms with Crippen molar-refractivity contribution in [3.8, 4) is 5.75 Å². The minimum Gasteiger partial charge on any atom is -0.497 e. The van der Waals surface area contributed by atoms with Gasteiger partial charge in [-0.25, -0.2) is 9.48 Å². The van der Waals surface area contributed by atoms with E-state index in [1.54, 1.807) is 7.11 Å². The fourth-order valence-corrected chi connectivity index (χ4v) is 2.03. The van der Waals surface area contributed by atoms with Gasteiger partial charge >= 0.3 is 5.97 Å². The number of aromatic nitrogens is 3. The second-order valence-electron chi connectivity index (χ2n) is 3.73. The quantitative estimate of drug-likeness (QED) is 0.803. The van der Waals surface area contributed by atoms with Gasteiger partial charge in [0, 0.05) is 0 Å². The van der Waals surface area contributed by atoms with Crippen LogP contribution in [0.5, 0.6) is 5.75 Å². The zero-order valence-corrected chi connectivity index (χ0v) is 12.0. The van der Waals surface area contributed by atoms with Gasteiger partial charge in [0.1, 0.15) is 5.75 Å². The molecule has 7 heteroatoms. The first-order chi connectivity index (χ1) is 9.15. The summed E-state index contributed by atoms with van der Waals surface area (Å²) in [6.45, 7) is 0.424. The predicted molar refractivity (Wildman–Crippen MR) is 71.2 cm³/mol. The highest BCUT2D eigenvalue weighted by atomic mass is 79.9. The van der Waals surface area contributed by atoms with Crippen molar-refractivity contribution in [1.82, 2.24) is 15.0 Å². The van der Waals surface area contributed by atoms with Gasteiger partial charge in [0.2, 0.25) is 0 Å². The van der Waals surface area contributed by atoms with E-state index in [1.165, 1.54) is 11.8 Å². The Hall–Kier alpha value is -1.89. The fraction of sp³-hybridized carbons (Fsp3) is 0.250. The lowest BCUT2D eigenvalue weighted by Gasteiger charge is -2.06. The van der Waals surface area contributed by atoms with E-state index >= 15 is 0 Å². The molecule has 0 aliphatic carbocycles. The molecule has 0 N–H and O–H groups in total. The summed E-state index contributed by atoms with van der Waals surface area (Å²) in [5.41, 5.74) is 1.27. The normalized spacial score (nSPS) is 10.3. The molecule has 0 unspecified atom stereocenters. The van der Waals surface area contributed by atoms with Crippen LogP contribution in [-0.2, 0) is 11.3 Å². The molecule has 0 aliphatic rings. The second kappa shape index (κ2) is 5.83. The summed E-state index contributed by atoms with van der Waals surface area (Å²) in [4.78, 5) is 11.6.